The number of aryl methyl sites for hydroxylation is 1. The van der Waals surface area contributed by atoms with Gasteiger partial charge < -0.3 is 9.30 Å². The van der Waals surface area contributed by atoms with Crippen LogP contribution in [0.2, 0.25) is 0 Å². The average molecular weight is 337 g/mol. The summed E-state index contributed by atoms with van der Waals surface area (Å²) in [6, 6.07) is 12.3. The van der Waals surface area contributed by atoms with E-state index in [2.05, 4.69) is 15.5 Å². The molecule has 0 saturated carbocycles. The van der Waals surface area contributed by atoms with Crippen LogP contribution in [0.1, 0.15) is 35.8 Å². The maximum absolute atomic E-state index is 13.1. The van der Waals surface area contributed by atoms with Crippen molar-refractivity contribution in [3.05, 3.63) is 71.4 Å². The molecule has 0 radical (unpaired) electrons. The van der Waals surface area contributed by atoms with Crippen LogP contribution >= 0.6 is 0 Å². The summed E-state index contributed by atoms with van der Waals surface area (Å²) in [5.74, 6) is -0.194. The highest BCUT2D eigenvalue weighted by molar-refractivity contribution is 5.79. The Hall–Kier alpha value is -2.69. The van der Waals surface area contributed by atoms with E-state index in [1.807, 2.05) is 30.2 Å². The van der Waals surface area contributed by atoms with Gasteiger partial charge in [-0.3, -0.25) is 4.79 Å². The molecule has 1 unspecified atom stereocenters. The molecular weight excluding hydrogens is 317 g/mol. The fraction of sp³-hybridized carbons (Fsp3) is 0.300. The third-order valence-corrected chi connectivity index (χ3v) is 4.83. The van der Waals surface area contributed by atoms with Gasteiger partial charge in [-0.25, -0.2) is 9.37 Å². The largest absolute Gasteiger partial charge is 0.334 e. The van der Waals surface area contributed by atoms with Crippen LogP contribution in [0.15, 0.2) is 48.7 Å². The summed E-state index contributed by atoms with van der Waals surface area (Å²) in [5, 5.41) is 0. The maximum atomic E-state index is 13.1. The zero-order valence-corrected chi connectivity index (χ0v) is 14.2. The van der Waals surface area contributed by atoms with Crippen molar-refractivity contribution < 1.29 is 9.18 Å². The van der Waals surface area contributed by atoms with Crippen LogP contribution in [0.4, 0.5) is 4.39 Å². The Balaban J connectivity index is 1.61. The normalized spacial score (nSPS) is 17.4. The summed E-state index contributed by atoms with van der Waals surface area (Å²) >= 11 is 0. The van der Waals surface area contributed by atoms with Gasteiger partial charge in [0.2, 0.25) is 5.91 Å². The second-order valence-electron chi connectivity index (χ2n) is 6.61. The second-order valence-corrected chi connectivity index (χ2v) is 6.61. The van der Waals surface area contributed by atoms with E-state index in [1.54, 1.807) is 12.1 Å². The summed E-state index contributed by atoms with van der Waals surface area (Å²) in [6.45, 7) is 2.73. The summed E-state index contributed by atoms with van der Waals surface area (Å²) in [4.78, 5) is 19.3. The van der Waals surface area contributed by atoms with Gasteiger partial charge in [-0.15, -0.1) is 0 Å². The standard InChI is InChI=1S/C20H20FN3O/c1-14-13-24-18(4-2-6-19(24)22-14)17-5-3-11-23(17)20(25)12-15-7-9-16(21)10-8-15/h2,4,6-10,13,17H,3,5,11-12H2,1H3. The SMILES string of the molecule is Cc1cn2c(C3CCCN3C(=O)Cc3ccc(F)cc3)cccc2n1. The average Bonchev–Trinajstić information content (AvgIpc) is 3.22. The van der Waals surface area contributed by atoms with Crippen molar-refractivity contribution in [3.8, 4) is 0 Å². The Labute approximate surface area is 145 Å². The Morgan fingerprint density at radius 2 is 2.04 bits per heavy atom. The highest BCUT2D eigenvalue weighted by atomic mass is 19.1. The number of carbonyl (C=O) groups is 1. The summed E-state index contributed by atoms with van der Waals surface area (Å²) in [5.41, 5.74) is 3.82. The Bertz CT molecular complexity index is 916. The van der Waals surface area contributed by atoms with Crippen LogP contribution in [0.25, 0.3) is 5.65 Å². The number of carbonyl (C=O) groups excluding carboxylic acids is 1. The van der Waals surface area contributed by atoms with Gasteiger partial charge in [0.15, 0.2) is 0 Å². The second kappa shape index (κ2) is 6.31. The van der Waals surface area contributed by atoms with Gasteiger partial charge in [-0.05, 0) is 49.6 Å². The zero-order chi connectivity index (χ0) is 17.4. The van der Waals surface area contributed by atoms with Crippen LogP contribution < -0.4 is 0 Å². The fourth-order valence-electron chi connectivity index (χ4n) is 3.68. The van der Waals surface area contributed by atoms with Gasteiger partial charge >= 0.3 is 0 Å². The molecule has 1 aliphatic rings. The monoisotopic (exact) mass is 337 g/mol. The summed E-state index contributed by atoms with van der Waals surface area (Å²) < 4.78 is 15.1. The Morgan fingerprint density at radius 1 is 1.24 bits per heavy atom. The van der Waals surface area contributed by atoms with E-state index in [4.69, 9.17) is 0 Å². The van der Waals surface area contributed by atoms with Gasteiger partial charge in [0, 0.05) is 18.4 Å². The highest BCUT2D eigenvalue weighted by Gasteiger charge is 2.31. The number of hydrogen-bond donors (Lipinski definition) is 0. The van der Waals surface area contributed by atoms with E-state index < -0.39 is 0 Å². The highest BCUT2D eigenvalue weighted by Crippen LogP contribution is 2.32. The van der Waals surface area contributed by atoms with E-state index in [0.29, 0.717) is 6.42 Å². The molecule has 0 N–H and O–H groups in total. The van der Waals surface area contributed by atoms with E-state index >= 15 is 0 Å². The van der Waals surface area contributed by atoms with Crippen molar-refractivity contribution in [2.75, 3.05) is 6.54 Å². The lowest BCUT2D eigenvalue weighted by molar-refractivity contribution is -0.131. The molecule has 0 spiro atoms. The first kappa shape index (κ1) is 15.8. The molecule has 0 aliphatic carbocycles. The number of imidazole rings is 1. The lowest BCUT2D eigenvalue weighted by Gasteiger charge is -2.26. The number of amides is 1. The molecule has 3 heterocycles. The first-order valence-electron chi connectivity index (χ1n) is 8.60. The molecule has 5 heteroatoms. The van der Waals surface area contributed by atoms with Crippen molar-refractivity contribution in [2.24, 2.45) is 0 Å². The number of halogens is 1. The van der Waals surface area contributed by atoms with Crippen molar-refractivity contribution in [3.63, 3.8) is 0 Å². The van der Waals surface area contributed by atoms with Gasteiger partial charge in [0.05, 0.1) is 18.2 Å². The molecule has 0 bridgehead atoms. The van der Waals surface area contributed by atoms with Crippen molar-refractivity contribution in [1.29, 1.82) is 0 Å². The first-order chi connectivity index (χ1) is 12.1. The number of aromatic nitrogens is 2. The van der Waals surface area contributed by atoms with Crippen LogP contribution in [0, 0.1) is 12.7 Å². The zero-order valence-electron chi connectivity index (χ0n) is 14.2. The van der Waals surface area contributed by atoms with Crippen molar-refractivity contribution in [2.45, 2.75) is 32.2 Å². The molecule has 4 nitrogen and oxygen atoms in total. The van der Waals surface area contributed by atoms with E-state index in [0.717, 1.165) is 42.0 Å². The minimum absolute atomic E-state index is 0.0604. The first-order valence-corrected chi connectivity index (χ1v) is 8.60. The number of pyridine rings is 1. The molecule has 1 fully saturated rings. The van der Waals surface area contributed by atoms with Crippen LogP contribution in [0.5, 0.6) is 0 Å². The Morgan fingerprint density at radius 3 is 2.84 bits per heavy atom. The number of nitrogens with zero attached hydrogens (tertiary/aromatic N) is 3. The quantitative estimate of drug-likeness (QED) is 0.731. The molecule has 2 aromatic heterocycles. The van der Waals surface area contributed by atoms with Gasteiger partial charge in [0.1, 0.15) is 11.5 Å². The van der Waals surface area contributed by atoms with Crippen molar-refractivity contribution >= 4 is 11.6 Å². The lowest BCUT2D eigenvalue weighted by Crippen LogP contribution is -2.32. The van der Waals surface area contributed by atoms with Gasteiger partial charge in [-0.2, -0.15) is 0 Å². The Kier molecular flexibility index (Phi) is 3.99. The number of fused-ring (bicyclic) bond motifs is 1. The number of likely N-dealkylation sites (tertiary alicyclic amines) is 1. The van der Waals surface area contributed by atoms with Crippen LogP contribution in [0.3, 0.4) is 0 Å². The van der Waals surface area contributed by atoms with E-state index in [9.17, 15) is 9.18 Å². The van der Waals surface area contributed by atoms with E-state index in [1.165, 1.54) is 12.1 Å². The molecule has 1 aliphatic heterocycles. The van der Waals surface area contributed by atoms with Crippen molar-refractivity contribution in [1.82, 2.24) is 14.3 Å². The molecule has 128 valence electrons. The molecule has 3 aromatic rings. The number of rotatable bonds is 3. The topological polar surface area (TPSA) is 37.6 Å². The molecular formula is C20H20FN3O. The molecule has 1 amide bonds. The number of benzene rings is 1. The predicted molar refractivity (Wildman–Crippen MR) is 93.7 cm³/mol. The third kappa shape index (κ3) is 3.02. The van der Waals surface area contributed by atoms with Gasteiger partial charge in [0.25, 0.3) is 0 Å². The van der Waals surface area contributed by atoms with Crippen LogP contribution in [-0.4, -0.2) is 26.7 Å². The minimum atomic E-state index is -0.280. The minimum Gasteiger partial charge on any atom is -0.334 e. The van der Waals surface area contributed by atoms with Crippen LogP contribution in [-0.2, 0) is 11.2 Å². The molecule has 1 aromatic carbocycles. The fourth-order valence-corrected chi connectivity index (χ4v) is 3.68. The summed E-state index contributed by atoms with van der Waals surface area (Å²) in [6.07, 6.45) is 4.26. The van der Waals surface area contributed by atoms with E-state index in [-0.39, 0.29) is 17.8 Å². The summed E-state index contributed by atoms with van der Waals surface area (Å²) in [7, 11) is 0. The lowest BCUT2D eigenvalue weighted by atomic mass is 10.1. The predicted octanol–water partition coefficient (Wildman–Crippen LogP) is 3.69. The molecule has 4 rings (SSSR count). The molecule has 1 saturated heterocycles. The van der Waals surface area contributed by atoms with Gasteiger partial charge in [-0.1, -0.05) is 18.2 Å². The molecule has 25 heavy (non-hydrogen) atoms. The molecule has 1 atom stereocenters. The number of hydrogen-bond acceptors (Lipinski definition) is 2. The smallest absolute Gasteiger partial charge is 0.227 e. The third-order valence-electron chi connectivity index (χ3n) is 4.83. The maximum Gasteiger partial charge on any atom is 0.227 e.